The molecular formula is C29H24N2O2. The van der Waals surface area contributed by atoms with E-state index >= 15 is 0 Å². The van der Waals surface area contributed by atoms with E-state index in [1.165, 1.54) is 11.1 Å². The number of phenolic OH excluding ortho intramolecular Hbond substituents is 2. The Morgan fingerprint density at radius 1 is 0.606 bits per heavy atom. The molecule has 0 bridgehead atoms. The second-order valence-corrected chi connectivity index (χ2v) is 8.21. The van der Waals surface area contributed by atoms with Gasteiger partial charge in [-0.3, -0.25) is 0 Å². The Hall–Kier alpha value is -4.31. The first-order valence-corrected chi connectivity index (χ1v) is 10.9. The molecule has 0 saturated heterocycles. The fourth-order valence-corrected chi connectivity index (χ4v) is 4.05. The standard InChI is InChI=1S/C29H24N2O2/c1-19-8-13-24(18-20(19)2)31-29(23-11-16-26(33)17-12-23)27(21-6-4-3-5-7-21)28(30-31)22-9-14-25(32)15-10-22/h3-18,32-33H,1-2H3. The molecule has 0 amide bonds. The van der Waals surface area contributed by atoms with E-state index in [0.29, 0.717) is 0 Å². The summed E-state index contributed by atoms with van der Waals surface area (Å²) in [5.41, 5.74) is 9.02. The van der Waals surface area contributed by atoms with Crippen LogP contribution < -0.4 is 0 Å². The van der Waals surface area contributed by atoms with Gasteiger partial charge in [0.15, 0.2) is 0 Å². The van der Waals surface area contributed by atoms with Crippen molar-refractivity contribution in [1.82, 2.24) is 9.78 Å². The molecule has 5 rings (SSSR count). The summed E-state index contributed by atoms with van der Waals surface area (Å²) in [6.07, 6.45) is 0. The van der Waals surface area contributed by atoms with E-state index in [4.69, 9.17) is 5.10 Å². The summed E-state index contributed by atoms with van der Waals surface area (Å²) in [5, 5.41) is 24.8. The predicted octanol–water partition coefficient (Wildman–Crippen LogP) is 6.90. The average molecular weight is 433 g/mol. The molecular weight excluding hydrogens is 408 g/mol. The van der Waals surface area contributed by atoms with Crippen molar-refractivity contribution in [3.05, 3.63) is 108 Å². The summed E-state index contributed by atoms with van der Waals surface area (Å²) in [7, 11) is 0. The largest absolute Gasteiger partial charge is 0.508 e. The fourth-order valence-electron chi connectivity index (χ4n) is 4.05. The average Bonchev–Trinajstić information content (AvgIpc) is 3.23. The molecule has 2 N–H and O–H groups in total. The minimum atomic E-state index is 0.215. The molecule has 4 nitrogen and oxygen atoms in total. The molecule has 1 aromatic heterocycles. The van der Waals surface area contributed by atoms with Gasteiger partial charge in [0.2, 0.25) is 0 Å². The normalized spacial score (nSPS) is 11.0. The Balaban J connectivity index is 1.88. The molecule has 0 aliphatic rings. The van der Waals surface area contributed by atoms with Crippen molar-refractivity contribution in [2.45, 2.75) is 13.8 Å². The summed E-state index contributed by atoms with van der Waals surface area (Å²) in [4.78, 5) is 0. The minimum absolute atomic E-state index is 0.215. The molecule has 0 unspecified atom stereocenters. The third-order valence-corrected chi connectivity index (χ3v) is 5.96. The Morgan fingerprint density at radius 3 is 1.82 bits per heavy atom. The van der Waals surface area contributed by atoms with Gasteiger partial charge in [-0.15, -0.1) is 0 Å². The monoisotopic (exact) mass is 432 g/mol. The molecule has 1 heterocycles. The Bertz CT molecular complexity index is 1420. The molecule has 4 heteroatoms. The van der Waals surface area contributed by atoms with Crippen molar-refractivity contribution < 1.29 is 10.2 Å². The van der Waals surface area contributed by atoms with Crippen LogP contribution in [0.5, 0.6) is 11.5 Å². The zero-order chi connectivity index (χ0) is 22.9. The third-order valence-electron chi connectivity index (χ3n) is 5.96. The lowest BCUT2D eigenvalue weighted by molar-refractivity contribution is 0.475. The molecule has 0 radical (unpaired) electrons. The molecule has 4 aromatic carbocycles. The minimum Gasteiger partial charge on any atom is -0.508 e. The zero-order valence-corrected chi connectivity index (χ0v) is 18.5. The van der Waals surface area contributed by atoms with Gasteiger partial charge in [-0.1, -0.05) is 36.4 Å². The number of aromatic hydroxyl groups is 2. The number of phenols is 2. The number of rotatable bonds is 4. The van der Waals surface area contributed by atoms with Crippen LogP contribution in [0.2, 0.25) is 0 Å². The molecule has 0 atom stereocenters. The molecule has 33 heavy (non-hydrogen) atoms. The SMILES string of the molecule is Cc1ccc(-n2nc(-c3ccc(O)cc3)c(-c3ccccc3)c2-c2ccc(O)cc2)cc1C. The lowest BCUT2D eigenvalue weighted by atomic mass is 9.95. The maximum atomic E-state index is 9.91. The van der Waals surface area contributed by atoms with Crippen molar-refractivity contribution in [2.24, 2.45) is 0 Å². The maximum Gasteiger partial charge on any atom is 0.115 e. The van der Waals surface area contributed by atoms with Crippen molar-refractivity contribution in [3.8, 4) is 50.8 Å². The Labute approximate surface area is 193 Å². The maximum absolute atomic E-state index is 9.91. The van der Waals surface area contributed by atoms with Gasteiger partial charge in [-0.05, 0) is 91.2 Å². The van der Waals surface area contributed by atoms with Gasteiger partial charge in [0.25, 0.3) is 0 Å². The van der Waals surface area contributed by atoms with E-state index in [1.54, 1.807) is 24.3 Å². The van der Waals surface area contributed by atoms with E-state index < -0.39 is 0 Å². The van der Waals surface area contributed by atoms with Crippen molar-refractivity contribution in [1.29, 1.82) is 0 Å². The van der Waals surface area contributed by atoms with Gasteiger partial charge >= 0.3 is 0 Å². The second kappa shape index (κ2) is 8.32. The van der Waals surface area contributed by atoms with E-state index in [1.807, 2.05) is 47.1 Å². The number of aryl methyl sites for hydroxylation is 2. The van der Waals surface area contributed by atoms with Crippen LogP contribution in [-0.2, 0) is 0 Å². The van der Waals surface area contributed by atoms with Gasteiger partial charge in [0, 0.05) is 16.7 Å². The molecule has 5 aromatic rings. The highest BCUT2D eigenvalue weighted by Gasteiger charge is 2.23. The van der Waals surface area contributed by atoms with E-state index in [0.717, 1.165) is 39.3 Å². The number of hydrogen-bond acceptors (Lipinski definition) is 3. The highest BCUT2D eigenvalue weighted by molar-refractivity contribution is 5.92. The third kappa shape index (κ3) is 3.87. The topological polar surface area (TPSA) is 58.3 Å². The highest BCUT2D eigenvalue weighted by Crippen LogP contribution is 2.42. The lowest BCUT2D eigenvalue weighted by Gasteiger charge is -2.12. The summed E-state index contributed by atoms with van der Waals surface area (Å²) in [6.45, 7) is 4.20. The fraction of sp³-hybridized carbons (Fsp3) is 0.0690. The quantitative estimate of drug-likeness (QED) is 0.325. The van der Waals surface area contributed by atoms with Crippen LogP contribution in [0.15, 0.2) is 97.1 Å². The van der Waals surface area contributed by atoms with Crippen LogP contribution in [0, 0.1) is 13.8 Å². The summed E-state index contributed by atoms with van der Waals surface area (Å²) >= 11 is 0. The zero-order valence-electron chi connectivity index (χ0n) is 18.5. The van der Waals surface area contributed by atoms with Crippen LogP contribution in [0.4, 0.5) is 0 Å². The van der Waals surface area contributed by atoms with E-state index in [9.17, 15) is 10.2 Å². The summed E-state index contributed by atoms with van der Waals surface area (Å²) in [6, 6.07) is 30.9. The Morgan fingerprint density at radius 2 is 1.21 bits per heavy atom. The first kappa shape index (κ1) is 20.6. The summed E-state index contributed by atoms with van der Waals surface area (Å²) in [5.74, 6) is 0.434. The molecule has 0 aliphatic heterocycles. The first-order chi connectivity index (χ1) is 16.0. The molecule has 0 aliphatic carbocycles. The van der Waals surface area contributed by atoms with Crippen molar-refractivity contribution in [2.75, 3.05) is 0 Å². The number of aromatic nitrogens is 2. The van der Waals surface area contributed by atoms with Gasteiger partial charge < -0.3 is 10.2 Å². The number of benzene rings is 4. The van der Waals surface area contributed by atoms with Gasteiger partial charge in [-0.2, -0.15) is 5.10 Å². The second-order valence-electron chi connectivity index (χ2n) is 8.21. The van der Waals surface area contributed by atoms with Gasteiger partial charge in [-0.25, -0.2) is 4.68 Å². The van der Waals surface area contributed by atoms with Crippen LogP contribution in [0.3, 0.4) is 0 Å². The smallest absolute Gasteiger partial charge is 0.115 e. The van der Waals surface area contributed by atoms with Crippen molar-refractivity contribution >= 4 is 0 Å². The molecule has 0 fully saturated rings. The van der Waals surface area contributed by atoms with E-state index in [-0.39, 0.29) is 11.5 Å². The van der Waals surface area contributed by atoms with Crippen LogP contribution in [-0.4, -0.2) is 20.0 Å². The lowest BCUT2D eigenvalue weighted by Crippen LogP contribution is -2.00. The first-order valence-electron chi connectivity index (χ1n) is 10.9. The predicted molar refractivity (Wildman–Crippen MR) is 133 cm³/mol. The molecule has 0 saturated carbocycles. The van der Waals surface area contributed by atoms with E-state index in [2.05, 4.69) is 44.2 Å². The summed E-state index contributed by atoms with van der Waals surface area (Å²) < 4.78 is 1.98. The molecule has 0 spiro atoms. The molecule has 162 valence electrons. The number of hydrogen-bond donors (Lipinski definition) is 2. The van der Waals surface area contributed by atoms with Gasteiger partial charge in [0.1, 0.15) is 17.2 Å². The highest BCUT2D eigenvalue weighted by atomic mass is 16.3. The van der Waals surface area contributed by atoms with Crippen LogP contribution >= 0.6 is 0 Å². The Kier molecular flexibility index (Phi) is 5.19. The number of nitrogens with zero attached hydrogens (tertiary/aromatic N) is 2. The van der Waals surface area contributed by atoms with Crippen molar-refractivity contribution in [3.63, 3.8) is 0 Å². The van der Waals surface area contributed by atoms with Crippen LogP contribution in [0.1, 0.15) is 11.1 Å². The van der Waals surface area contributed by atoms with Crippen LogP contribution in [0.25, 0.3) is 39.3 Å². The van der Waals surface area contributed by atoms with Gasteiger partial charge in [0.05, 0.1) is 11.4 Å².